The fraction of sp³-hybridized carbons (Fsp3) is 0.182. The van der Waals surface area contributed by atoms with Crippen LogP contribution in [0.5, 0.6) is 5.75 Å². The van der Waals surface area contributed by atoms with Gasteiger partial charge in [-0.15, -0.1) is 11.3 Å². The van der Waals surface area contributed by atoms with Gasteiger partial charge in [0.2, 0.25) is 0 Å². The van der Waals surface area contributed by atoms with Crippen LogP contribution in [-0.4, -0.2) is 6.61 Å². The molecule has 3 heterocycles. The van der Waals surface area contributed by atoms with E-state index in [0.717, 1.165) is 9.35 Å². The standard InChI is InChI=1S/C11H7BrO3S/c12-8-9-6(3-4-14-9)11(13)15-10(8)7-2-1-5-16-7/h1-2,5H,3-4H2. The van der Waals surface area contributed by atoms with Crippen molar-refractivity contribution in [2.45, 2.75) is 6.42 Å². The maximum atomic E-state index is 11.7. The lowest BCUT2D eigenvalue weighted by atomic mass is 10.2. The van der Waals surface area contributed by atoms with Gasteiger partial charge in [0.05, 0.1) is 17.0 Å². The van der Waals surface area contributed by atoms with Crippen molar-refractivity contribution in [3.05, 3.63) is 38.0 Å². The minimum Gasteiger partial charge on any atom is -0.491 e. The summed E-state index contributed by atoms with van der Waals surface area (Å²) in [7, 11) is 0. The smallest absolute Gasteiger partial charge is 0.343 e. The second kappa shape index (κ2) is 3.75. The van der Waals surface area contributed by atoms with Crippen LogP contribution in [-0.2, 0) is 6.42 Å². The first-order chi connectivity index (χ1) is 7.77. The van der Waals surface area contributed by atoms with Crippen LogP contribution in [0.1, 0.15) is 5.56 Å². The summed E-state index contributed by atoms with van der Waals surface area (Å²) in [4.78, 5) is 12.6. The maximum absolute atomic E-state index is 11.7. The van der Waals surface area contributed by atoms with Crippen LogP contribution < -0.4 is 10.4 Å². The van der Waals surface area contributed by atoms with Gasteiger partial charge in [-0.25, -0.2) is 4.79 Å². The Balaban J connectivity index is 2.29. The van der Waals surface area contributed by atoms with Crippen molar-refractivity contribution in [1.82, 2.24) is 0 Å². The van der Waals surface area contributed by atoms with E-state index in [-0.39, 0.29) is 5.63 Å². The summed E-state index contributed by atoms with van der Waals surface area (Å²) in [6.45, 7) is 0.548. The summed E-state index contributed by atoms with van der Waals surface area (Å²) in [5.41, 5.74) is 0.339. The third kappa shape index (κ3) is 1.43. The average Bonchev–Trinajstić information content (AvgIpc) is 2.92. The number of rotatable bonds is 1. The molecule has 0 amide bonds. The van der Waals surface area contributed by atoms with Crippen molar-refractivity contribution in [2.24, 2.45) is 0 Å². The Bertz CT molecular complexity index is 586. The number of hydrogen-bond donors (Lipinski definition) is 0. The third-order valence-corrected chi connectivity index (χ3v) is 4.05. The second-order valence-corrected chi connectivity index (χ2v) is 5.16. The predicted octanol–water partition coefficient (Wildman–Crippen LogP) is 3.07. The molecular formula is C11H7BrO3S. The van der Waals surface area contributed by atoms with Crippen LogP contribution >= 0.6 is 27.3 Å². The molecule has 3 rings (SSSR count). The normalized spacial score (nSPS) is 13.6. The monoisotopic (exact) mass is 298 g/mol. The molecule has 0 N–H and O–H groups in total. The van der Waals surface area contributed by atoms with E-state index in [0.29, 0.717) is 30.1 Å². The van der Waals surface area contributed by atoms with Crippen molar-refractivity contribution >= 4 is 27.3 Å². The van der Waals surface area contributed by atoms with Crippen LogP contribution in [0.15, 0.2) is 31.2 Å². The Morgan fingerprint density at radius 2 is 2.31 bits per heavy atom. The van der Waals surface area contributed by atoms with E-state index in [9.17, 15) is 4.79 Å². The van der Waals surface area contributed by atoms with Gasteiger partial charge in [0.1, 0.15) is 10.2 Å². The van der Waals surface area contributed by atoms with Gasteiger partial charge in [-0.2, -0.15) is 0 Å². The van der Waals surface area contributed by atoms with E-state index in [2.05, 4.69) is 15.9 Å². The lowest BCUT2D eigenvalue weighted by Crippen LogP contribution is -2.05. The minimum atomic E-state index is -0.292. The quantitative estimate of drug-likeness (QED) is 0.812. The van der Waals surface area contributed by atoms with Crippen molar-refractivity contribution in [1.29, 1.82) is 0 Å². The molecular weight excluding hydrogens is 292 g/mol. The zero-order valence-electron chi connectivity index (χ0n) is 8.16. The first-order valence-corrected chi connectivity index (χ1v) is 6.47. The van der Waals surface area contributed by atoms with E-state index in [1.54, 1.807) is 0 Å². The minimum absolute atomic E-state index is 0.292. The zero-order chi connectivity index (χ0) is 11.1. The average molecular weight is 299 g/mol. The molecule has 0 aromatic carbocycles. The number of ether oxygens (including phenoxy) is 1. The van der Waals surface area contributed by atoms with Gasteiger partial charge < -0.3 is 9.15 Å². The molecule has 1 aliphatic heterocycles. The van der Waals surface area contributed by atoms with Gasteiger partial charge in [-0.05, 0) is 27.4 Å². The van der Waals surface area contributed by atoms with E-state index < -0.39 is 0 Å². The van der Waals surface area contributed by atoms with E-state index >= 15 is 0 Å². The highest BCUT2D eigenvalue weighted by Gasteiger charge is 2.24. The van der Waals surface area contributed by atoms with E-state index in [4.69, 9.17) is 9.15 Å². The first kappa shape index (κ1) is 10.1. The van der Waals surface area contributed by atoms with Gasteiger partial charge in [-0.1, -0.05) is 6.07 Å². The van der Waals surface area contributed by atoms with Crippen LogP contribution in [0.2, 0.25) is 0 Å². The van der Waals surface area contributed by atoms with E-state index in [1.807, 2.05) is 17.5 Å². The molecule has 1 aliphatic rings. The summed E-state index contributed by atoms with van der Waals surface area (Å²) in [5, 5.41) is 1.94. The molecule has 0 aliphatic carbocycles. The Morgan fingerprint density at radius 1 is 1.44 bits per heavy atom. The van der Waals surface area contributed by atoms with Crippen molar-refractivity contribution in [2.75, 3.05) is 6.61 Å². The summed E-state index contributed by atoms with van der Waals surface area (Å²) in [6.07, 6.45) is 0.626. The van der Waals surface area contributed by atoms with Gasteiger partial charge >= 0.3 is 5.63 Å². The summed E-state index contributed by atoms with van der Waals surface area (Å²) >= 11 is 4.96. The number of fused-ring (bicyclic) bond motifs is 1. The summed E-state index contributed by atoms with van der Waals surface area (Å²) in [5.74, 6) is 1.19. The molecule has 2 aromatic rings. The molecule has 0 saturated heterocycles. The molecule has 0 unspecified atom stereocenters. The topological polar surface area (TPSA) is 39.4 Å². The number of thiophene rings is 1. The molecule has 0 fully saturated rings. The third-order valence-electron chi connectivity index (χ3n) is 2.46. The molecule has 0 radical (unpaired) electrons. The Labute approximate surface area is 104 Å². The van der Waals surface area contributed by atoms with Crippen molar-refractivity contribution < 1.29 is 9.15 Å². The molecule has 0 atom stereocenters. The Kier molecular flexibility index (Phi) is 2.37. The molecule has 0 saturated carbocycles. The summed E-state index contributed by atoms with van der Waals surface area (Å²) < 4.78 is 11.5. The van der Waals surface area contributed by atoms with Crippen LogP contribution in [0, 0.1) is 0 Å². The molecule has 0 bridgehead atoms. The molecule has 16 heavy (non-hydrogen) atoms. The van der Waals surface area contributed by atoms with Gasteiger partial charge in [0.25, 0.3) is 0 Å². The van der Waals surface area contributed by atoms with Crippen molar-refractivity contribution in [3.8, 4) is 16.4 Å². The van der Waals surface area contributed by atoms with E-state index in [1.165, 1.54) is 11.3 Å². The first-order valence-electron chi connectivity index (χ1n) is 4.79. The van der Waals surface area contributed by atoms with Crippen LogP contribution in [0.25, 0.3) is 10.6 Å². The lowest BCUT2D eigenvalue weighted by Gasteiger charge is -2.05. The largest absolute Gasteiger partial charge is 0.491 e. The lowest BCUT2D eigenvalue weighted by molar-refractivity contribution is 0.353. The summed E-state index contributed by atoms with van der Waals surface area (Å²) in [6, 6.07) is 3.83. The second-order valence-electron chi connectivity index (χ2n) is 3.42. The van der Waals surface area contributed by atoms with Crippen LogP contribution in [0.3, 0.4) is 0 Å². The molecule has 5 heteroatoms. The highest BCUT2D eigenvalue weighted by Crippen LogP contribution is 2.40. The molecule has 3 nitrogen and oxygen atoms in total. The predicted molar refractivity (Wildman–Crippen MR) is 65.2 cm³/mol. The Morgan fingerprint density at radius 3 is 3.06 bits per heavy atom. The van der Waals surface area contributed by atoms with Crippen molar-refractivity contribution in [3.63, 3.8) is 0 Å². The van der Waals surface area contributed by atoms with Gasteiger partial charge in [0, 0.05) is 6.42 Å². The highest BCUT2D eigenvalue weighted by atomic mass is 79.9. The Hall–Kier alpha value is -1.07. The SMILES string of the molecule is O=c1oc(-c2cccs2)c(Br)c2c1CCO2. The molecule has 2 aromatic heterocycles. The van der Waals surface area contributed by atoms with Gasteiger partial charge in [0.15, 0.2) is 5.76 Å². The fourth-order valence-corrected chi connectivity index (χ4v) is 3.21. The zero-order valence-corrected chi connectivity index (χ0v) is 10.6. The highest BCUT2D eigenvalue weighted by molar-refractivity contribution is 9.10. The van der Waals surface area contributed by atoms with Crippen LogP contribution in [0.4, 0.5) is 0 Å². The molecule has 82 valence electrons. The molecule has 0 spiro atoms. The maximum Gasteiger partial charge on any atom is 0.343 e. The number of hydrogen-bond acceptors (Lipinski definition) is 4. The van der Waals surface area contributed by atoms with Gasteiger partial charge in [-0.3, -0.25) is 0 Å². The number of halogens is 1. The fourth-order valence-electron chi connectivity index (χ4n) is 1.71.